The van der Waals surface area contributed by atoms with Gasteiger partial charge in [0.05, 0.1) is 0 Å². The summed E-state index contributed by atoms with van der Waals surface area (Å²) in [5.41, 5.74) is 0.660. The molecule has 0 N–H and O–H groups in total. The molecule has 26 heavy (non-hydrogen) atoms. The number of halogens is 1. The Kier molecular flexibility index (Phi) is 5.74. The molecule has 8 heteroatoms. The summed E-state index contributed by atoms with van der Waals surface area (Å²) in [6.07, 6.45) is 0.974. The quantitative estimate of drug-likeness (QED) is 0.779. The topological polar surface area (TPSA) is 57.7 Å². The fourth-order valence-electron chi connectivity index (χ4n) is 3.19. The van der Waals surface area contributed by atoms with Gasteiger partial charge in [-0.15, -0.1) is 11.3 Å². The van der Waals surface area contributed by atoms with Crippen molar-refractivity contribution >= 4 is 33.0 Å². The van der Waals surface area contributed by atoms with Gasteiger partial charge in [0.2, 0.25) is 5.91 Å². The Morgan fingerprint density at radius 2 is 1.88 bits per heavy atom. The SMILES string of the molecule is CCN(C(=O)C1CCN(S(=O)(=O)c2cccs2)CC1)c1ccc(F)cc1. The van der Waals surface area contributed by atoms with Crippen molar-refractivity contribution < 1.29 is 17.6 Å². The number of carbonyl (C=O) groups excluding carboxylic acids is 1. The van der Waals surface area contributed by atoms with Gasteiger partial charge in [0.25, 0.3) is 10.0 Å². The molecule has 0 atom stereocenters. The summed E-state index contributed by atoms with van der Waals surface area (Å²) in [6.45, 7) is 3.02. The van der Waals surface area contributed by atoms with Crippen LogP contribution in [-0.2, 0) is 14.8 Å². The van der Waals surface area contributed by atoms with E-state index in [1.165, 1.54) is 27.8 Å². The lowest BCUT2D eigenvalue weighted by atomic mass is 9.96. The van der Waals surface area contributed by atoms with Crippen molar-refractivity contribution in [2.75, 3.05) is 24.5 Å². The number of hydrogen-bond donors (Lipinski definition) is 0. The number of anilines is 1. The molecule has 1 aliphatic rings. The summed E-state index contributed by atoms with van der Waals surface area (Å²) >= 11 is 1.20. The number of hydrogen-bond acceptors (Lipinski definition) is 4. The number of sulfonamides is 1. The summed E-state index contributed by atoms with van der Waals surface area (Å²) in [5, 5.41) is 1.74. The first-order chi connectivity index (χ1) is 12.4. The monoisotopic (exact) mass is 396 g/mol. The van der Waals surface area contributed by atoms with Crippen molar-refractivity contribution in [3.05, 3.63) is 47.6 Å². The zero-order valence-electron chi connectivity index (χ0n) is 14.5. The molecular weight excluding hydrogens is 375 g/mol. The summed E-state index contributed by atoms with van der Waals surface area (Å²) in [7, 11) is -3.47. The molecule has 140 valence electrons. The van der Waals surface area contributed by atoms with E-state index in [2.05, 4.69) is 0 Å². The average molecular weight is 397 g/mol. The molecule has 3 rings (SSSR count). The highest BCUT2D eigenvalue weighted by molar-refractivity contribution is 7.91. The zero-order chi connectivity index (χ0) is 18.7. The van der Waals surface area contributed by atoms with Crippen molar-refractivity contribution in [2.24, 2.45) is 5.92 Å². The molecule has 0 saturated carbocycles. The molecule has 0 aliphatic carbocycles. The van der Waals surface area contributed by atoms with E-state index in [-0.39, 0.29) is 17.6 Å². The van der Waals surface area contributed by atoms with Gasteiger partial charge in [-0.05, 0) is 55.5 Å². The van der Waals surface area contributed by atoms with Crippen LogP contribution in [-0.4, -0.2) is 38.3 Å². The van der Waals surface area contributed by atoms with Gasteiger partial charge in [-0.1, -0.05) is 6.07 Å². The molecule has 1 aromatic carbocycles. The molecule has 5 nitrogen and oxygen atoms in total. The van der Waals surface area contributed by atoms with Crippen LogP contribution in [0.25, 0.3) is 0 Å². The van der Waals surface area contributed by atoms with Gasteiger partial charge in [-0.2, -0.15) is 4.31 Å². The van der Waals surface area contributed by atoms with Crippen LogP contribution in [0.3, 0.4) is 0 Å². The number of rotatable bonds is 5. The molecule has 1 fully saturated rings. The van der Waals surface area contributed by atoms with Crippen molar-refractivity contribution in [3.8, 4) is 0 Å². The molecule has 0 radical (unpaired) electrons. The van der Waals surface area contributed by atoms with Crippen LogP contribution in [0.2, 0.25) is 0 Å². The second-order valence-corrected chi connectivity index (χ2v) is 9.28. The van der Waals surface area contributed by atoms with Gasteiger partial charge in [-0.3, -0.25) is 4.79 Å². The van der Waals surface area contributed by atoms with Gasteiger partial charge in [0.1, 0.15) is 10.0 Å². The highest BCUT2D eigenvalue weighted by atomic mass is 32.2. The molecule has 0 spiro atoms. The van der Waals surface area contributed by atoms with Crippen molar-refractivity contribution in [2.45, 2.75) is 24.0 Å². The Morgan fingerprint density at radius 3 is 2.42 bits per heavy atom. The molecule has 2 heterocycles. The van der Waals surface area contributed by atoms with Crippen LogP contribution in [0.5, 0.6) is 0 Å². The van der Waals surface area contributed by atoms with Crippen LogP contribution in [0.4, 0.5) is 10.1 Å². The van der Waals surface area contributed by atoms with Crippen LogP contribution in [0.15, 0.2) is 46.0 Å². The Balaban J connectivity index is 1.67. The van der Waals surface area contributed by atoms with Crippen LogP contribution < -0.4 is 4.90 Å². The van der Waals surface area contributed by atoms with E-state index in [1.807, 2.05) is 6.92 Å². The Hall–Kier alpha value is -1.77. The Labute approximate surface area is 157 Å². The van der Waals surface area contributed by atoms with Gasteiger partial charge in [0, 0.05) is 31.2 Å². The third-order valence-corrected chi connectivity index (χ3v) is 7.88. The number of piperidine rings is 1. The second-order valence-electron chi connectivity index (χ2n) is 6.17. The summed E-state index contributed by atoms with van der Waals surface area (Å²) < 4.78 is 40.1. The lowest BCUT2D eigenvalue weighted by molar-refractivity contribution is -0.123. The minimum absolute atomic E-state index is 0.0349. The van der Waals surface area contributed by atoms with Gasteiger partial charge in [-0.25, -0.2) is 12.8 Å². The highest BCUT2D eigenvalue weighted by Gasteiger charge is 2.34. The first-order valence-corrected chi connectivity index (χ1v) is 10.9. The zero-order valence-corrected chi connectivity index (χ0v) is 16.1. The third kappa shape index (κ3) is 3.82. The van der Waals surface area contributed by atoms with E-state index in [4.69, 9.17) is 0 Å². The second kappa shape index (κ2) is 7.85. The van der Waals surface area contributed by atoms with E-state index in [1.54, 1.807) is 34.5 Å². The van der Waals surface area contributed by atoms with Gasteiger partial charge in [0.15, 0.2) is 0 Å². The lowest BCUT2D eigenvalue weighted by Gasteiger charge is -2.33. The molecular formula is C18H21FN2O3S2. The number of nitrogens with zero attached hydrogens (tertiary/aromatic N) is 2. The van der Waals surface area contributed by atoms with Crippen LogP contribution in [0.1, 0.15) is 19.8 Å². The van der Waals surface area contributed by atoms with Crippen LogP contribution >= 0.6 is 11.3 Å². The van der Waals surface area contributed by atoms with E-state index in [0.717, 1.165) is 0 Å². The van der Waals surface area contributed by atoms with E-state index in [0.29, 0.717) is 42.4 Å². The number of benzene rings is 1. The number of carbonyl (C=O) groups is 1. The molecule has 0 unspecified atom stereocenters. The normalized spacial score (nSPS) is 16.5. The highest BCUT2D eigenvalue weighted by Crippen LogP contribution is 2.28. The number of amides is 1. The molecule has 2 aromatic rings. The minimum Gasteiger partial charge on any atom is -0.312 e. The van der Waals surface area contributed by atoms with Crippen molar-refractivity contribution in [1.82, 2.24) is 4.31 Å². The minimum atomic E-state index is -3.47. The molecule has 1 aliphatic heterocycles. The fourth-order valence-corrected chi connectivity index (χ4v) is 5.80. The summed E-state index contributed by atoms with van der Waals surface area (Å²) in [6, 6.07) is 9.17. The first kappa shape index (κ1) is 19.0. The molecule has 1 saturated heterocycles. The largest absolute Gasteiger partial charge is 0.312 e. The Bertz CT molecular complexity index is 843. The third-order valence-electron chi connectivity index (χ3n) is 4.61. The van der Waals surface area contributed by atoms with E-state index >= 15 is 0 Å². The lowest BCUT2D eigenvalue weighted by Crippen LogP contribution is -2.44. The maximum Gasteiger partial charge on any atom is 0.252 e. The fraction of sp³-hybridized carbons (Fsp3) is 0.389. The number of thiophene rings is 1. The standard InChI is InChI=1S/C18H21FN2O3S2/c1-2-21(16-7-5-15(19)6-8-16)18(22)14-9-11-20(12-10-14)26(23,24)17-4-3-13-25-17/h3-8,13-14H,2,9-12H2,1H3. The predicted octanol–water partition coefficient (Wildman–Crippen LogP) is 3.34. The van der Waals surface area contributed by atoms with Gasteiger partial charge < -0.3 is 4.90 Å². The summed E-state index contributed by atoms with van der Waals surface area (Å²) in [5.74, 6) is -0.605. The smallest absolute Gasteiger partial charge is 0.252 e. The average Bonchev–Trinajstić information content (AvgIpc) is 3.19. The first-order valence-electron chi connectivity index (χ1n) is 8.54. The van der Waals surface area contributed by atoms with Crippen molar-refractivity contribution in [1.29, 1.82) is 0 Å². The Morgan fingerprint density at radius 1 is 1.23 bits per heavy atom. The van der Waals surface area contributed by atoms with E-state index < -0.39 is 10.0 Å². The van der Waals surface area contributed by atoms with Crippen LogP contribution in [0, 0.1) is 11.7 Å². The molecule has 1 aromatic heterocycles. The summed E-state index contributed by atoms with van der Waals surface area (Å²) in [4.78, 5) is 14.5. The molecule has 1 amide bonds. The van der Waals surface area contributed by atoms with Crippen molar-refractivity contribution in [3.63, 3.8) is 0 Å². The maximum absolute atomic E-state index is 13.1. The van der Waals surface area contributed by atoms with Gasteiger partial charge >= 0.3 is 0 Å². The predicted molar refractivity (Wildman–Crippen MR) is 100 cm³/mol. The molecule has 0 bridgehead atoms. The maximum atomic E-state index is 13.1. The van der Waals surface area contributed by atoms with E-state index in [9.17, 15) is 17.6 Å².